The third kappa shape index (κ3) is 4.31. The molecule has 2 rings (SSSR count). The van der Waals surface area contributed by atoms with Crippen molar-refractivity contribution < 1.29 is 4.79 Å². The van der Waals surface area contributed by atoms with Gasteiger partial charge in [-0.25, -0.2) is 0 Å². The SMILES string of the molecule is Cc1ccc(C(=O)N2CCCC(C)C2CN)c(C)n1.Cl.Cl. The van der Waals surface area contributed by atoms with Crippen molar-refractivity contribution in [1.82, 2.24) is 9.88 Å². The fraction of sp³-hybridized carbons (Fsp3) is 0.600. The smallest absolute Gasteiger partial charge is 0.255 e. The van der Waals surface area contributed by atoms with Crippen LogP contribution in [-0.4, -0.2) is 34.9 Å². The second kappa shape index (κ2) is 8.57. The van der Waals surface area contributed by atoms with Crippen molar-refractivity contribution in [3.8, 4) is 0 Å². The standard InChI is InChI=1S/C15H23N3O.2ClH/c1-10-5-4-8-18(14(10)9-16)15(19)13-7-6-11(2)17-12(13)3;;/h6-7,10,14H,4-5,8-9,16H2,1-3H3;2*1H. The molecule has 2 atom stereocenters. The maximum atomic E-state index is 12.7. The second-order valence-electron chi connectivity index (χ2n) is 5.51. The van der Waals surface area contributed by atoms with Gasteiger partial charge >= 0.3 is 0 Å². The molecule has 1 fully saturated rings. The van der Waals surface area contributed by atoms with E-state index in [4.69, 9.17) is 5.73 Å². The molecule has 0 saturated carbocycles. The Morgan fingerprint density at radius 3 is 2.62 bits per heavy atom. The van der Waals surface area contributed by atoms with E-state index in [1.165, 1.54) is 0 Å². The molecule has 1 saturated heterocycles. The minimum atomic E-state index is 0. The Labute approximate surface area is 139 Å². The summed E-state index contributed by atoms with van der Waals surface area (Å²) in [4.78, 5) is 19.0. The highest BCUT2D eigenvalue weighted by molar-refractivity contribution is 5.95. The Bertz CT molecular complexity index is 482. The lowest BCUT2D eigenvalue weighted by Crippen LogP contribution is -2.51. The van der Waals surface area contributed by atoms with Gasteiger partial charge in [-0.2, -0.15) is 0 Å². The molecule has 2 heterocycles. The van der Waals surface area contributed by atoms with E-state index in [-0.39, 0.29) is 36.8 Å². The van der Waals surface area contributed by atoms with Crippen molar-refractivity contribution >= 4 is 30.7 Å². The first-order chi connectivity index (χ1) is 9.04. The molecule has 1 aliphatic rings. The van der Waals surface area contributed by atoms with Crippen molar-refractivity contribution in [3.63, 3.8) is 0 Å². The minimum absolute atomic E-state index is 0. The minimum Gasteiger partial charge on any atom is -0.334 e. The van der Waals surface area contributed by atoms with Gasteiger partial charge in [-0.15, -0.1) is 24.8 Å². The van der Waals surface area contributed by atoms with E-state index in [1.807, 2.05) is 30.9 Å². The Balaban J connectivity index is 0.00000200. The Morgan fingerprint density at radius 1 is 1.38 bits per heavy atom. The number of carbonyl (C=O) groups excluding carboxylic acids is 1. The average Bonchev–Trinajstić information content (AvgIpc) is 2.37. The van der Waals surface area contributed by atoms with E-state index in [0.717, 1.165) is 30.8 Å². The van der Waals surface area contributed by atoms with E-state index >= 15 is 0 Å². The molecule has 0 aliphatic carbocycles. The van der Waals surface area contributed by atoms with Gasteiger partial charge in [-0.1, -0.05) is 6.92 Å². The normalized spacial score (nSPS) is 21.2. The van der Waals surface area contributed by atoms with E-state index in [0.29, 0.717) is 18.0 Å². The molecule has 2 unspecified atom stereocenters. The zero-order valence-electron chi connectivity index (χ0n) is 12.8. The first-order valence-electron chi connectivity index (χ1n) is 7.00. The van der Waals surface area contributed by atoms with Gasteiger partial charge in [0.25, 0.3) is 5.91 Å². The summed E-state index contributed by atoms with van der Waals surface area (Å²) < 4.78 is 0. The number of pyridine rings is 1. The summed E-state index contributed by atoms with van der Waals surface area (Å²) in [6.07, 6.45) is 2.21. The molecule has 0 bridgehead atoms. The molecule has 0 spiro atoms. The first kappa shape index (κ1) is 20.2. The summed E-state index contributed by atoms with van der Waals surface area (Å²) in [5.41, 5.74) is 8.30. The summed E-state index contributed by atoms with van der Waals surface area (Å²) in [7, 11) is 0. The van der Waals surface area contributed by atoms with Crippen LogP contribution in [0.1, 0.15) is 41.5 Å². The van der Waals surface area contributed by atoms with Crippen LogP contribution < -0.4 is 5.73 Å². The van der Waals surface area contributed by atoms with Crippen LogP contribution in [0.2, 0.25) is 0 Å². The van der Waals surface area contributed by atoms with Gasteiger partial charge in [0.15, 0.2) is 0 Å². The molecular formula is C15H25Cl2N3O. The van der Waals surface area contributed by atoms with Crippen LogP contribution in [0, 0.1) is 19.8 Å². The number of amides is 1. The summed E-state index contributed by atoms with van der Waals surface area (Å²) in [5, 5.41) is 0. The zero-order valence-corrected chi connectivity index (χ0v) is 14.5. The average molecular weight is 334 g/mol. The highest BCUT2D eigenvalue weighted by Crippen LogP contribution is 2.24. The fourth-order valence-electron chi connectivity index (χ4n) is 2.93. The van der Waals surface area contributed by atoms with E-state index < -0.39 is 0 Å². The molecule has 0 aromatic carbocycles. The number of aromatic nitrogens is 1. The number of rotatable bonds is 2. The van der Waals surface area contributed by atoms with Crippen LogP contribution in [0.25, 0.3) is 0 Å². The van der Waals surface area contributed by atoms with Crippen LogP contribution in [0.4, 0.5) is 0 Å². The predicted molar refractivity (Wildman–Crippen MR) is 90.5 cm³/mol. The Hall–Kier alpha value is -0.840. The molecule has 1 aromatic rings. The highest BCUT2D eigenvalue weighted by Gasteiger charge is 2.31. The molecule has 4 nitrogen and oxygen atoms in total. The molecule has 1 aliphatic heterocycles. The monoisotopic (exact) mass is 333 g/mol. The van der Waals surface area contributed by atoms with Gasteiger partial charge < -0.3 is 10.6 Å². The Kier molecular flexibility index (Phi) is 8.22. The summed E-state index contributed by atoms with van der Waals surface area (Å²) >= 11 is 0. The summed E-state index contributed by atoms with van der Waals surface area (Å²) in [5.74, 6) is 0.549. The van der Waals surface area contributed by atoms with Crippen molar-refractivity contribution in [1.29, 1.82) is 0 Å². The van der Waals surface area contributed by atoms with E-state index in [9.17, 15) is 4.79 Å². The number of piperidine rings is 1. The molecular weight excluding hydrogens is 309 g/mol. The maximum absolute atomic E-state index is 12.7. The van der Waals surface area contributed by atoms with Crippen LogP contribution in [0.15, 0.2) is 12.1 Å². The van der Waals surface area contributed by atoms with Gasteiger partial charge in [0.05, 0.1) is 11.3 Å². The van der Waals surface area contributed by atoms with Crippen molar-refractivity contribution in [2.75, 3.05) is 13.1 Å². The molecule has 1 amide bonds. The van der Waals surface area contributed by atoms with Crippen molar-refractivity contribution in [2.45, 2.75) is 39.7 Å². The van der Waals surface area contributed by atoms with Gasteiger partial charge in [-0.05, 0) is 44.7 Å². The lowest BCUT2D eigenvalue weighted by molar-refractivity contribution is 0.0531. The molecule has 120 valence electrons. The third-order valence-corrected chi connectivity index (χ3v) is 4.07. The number of nitrogens with zero attached hydrogens (tertiary/aromatic N) is 2. The maximum Gasteiger partial charge on any atom is 0.255 e. The number of carbonyl (C=O) groups is 1. The third-order valence-electron chi connectivity index (χ3n) is 4.07. The van der Waals surface area contributed by atoms with E-state index in [2.05, 4.69) is 11.9 Å². The fourth-order valence-corrected chi connectivity index (χ4v) is 2.93. The Morgan fingerprint density at radius 2 is 2.05 bits per heavy atom. The molecule has 6 heteroatoms. The topological polar surface area (TPSA) is 59.2 Å². The largest absolute Gasteiger partial charge is 0.334 e. The molecule has 1 aromatic heterocycles. The summed E-state index contributed by atoms with van der Waals surface area (Å²) in [6, 6.07) is 3.93. The molecule has 21 heavy (non-hydrogen) atoms. The summed E-state index contributed by atoms with van der Waals surface area (Å²) in [6.45, 7) is 7.35. The van der Waals surface area contributed by atoms with Crippen LogP contribution in [0.5, 0.6) is 0 Å². The number of likely N-dealkylation sites (tertiary alicyclic amines) is 1. The number of halogens is 2. The highest BCUT2D eigenvalue weighted by atomic mass is 35.5. The number of nitrogens with two attached hydrogens (primary N) is 1. The lowest BCUT2D eigenvalue weighted by atomic mass is 9.90. The van der Waals surface area contributed by atoms with Gasteiger partial charge in [-0.3, -0.25) is 9.78 Å². The number of hydrogen-bond acceptors (Lipinski definition) is 3. The van der Waals surface area contributed by atoms with Crippen molar-refractivity contribution in [3.05, 3.63) is 29.1 Å². The van der Waals surface area contributed by atoms with Crippen LogP contribution in [0.3, 0.4) is 0 Å². The van der Waals surface area contributed by atoms with Gasteiger partial charge in [0, 0.05) is 24.8 Å². The van der Waals surface area contributed by atoms with Gasteiger partial charge in [0.1, 0.15) is 0 Å². The molecule has 0 radical (unpaired) electrons. The lowest BCUT2D eigenvalue weighted by Gasteiger charge is -2.39. The number of aryl methyl sites for hydroxylation is 2. The van der Waals surface area contributed by atoms with Crippen LogP contribution in [-0.2, 0) is 0 Å². The second-order valence-corrected chi connectivity index (χ2v) is 5.51. The quantitative estimate of drug-likeness (QED) is 0.905. The van der Waals surface area contributed by atoms with E-state index in [1.54, 1.807) is 0 Å². The predicted octanol–water partition coefficient (Wildman–Crippen LogP) is 2.74. The van der Waals surface area contributed by atoms with Crippen LogP contribution >= 0.6 is 24.8 Å². The molecule has 2 N–H and O–H groups in total. The first-order valence-corrected chi connectivity index (χ1v) is 7.00. The van der Waals surface area contributed by atoms with Crippen molar-refractivity contribution in [2.24, 2.45) is 11.7 Å². The number of hydrogen-bond donors (Lipinski definition) is 1. The van der Waals surface area contributed by atoms with Gasteiger partial charge in [0.2, 0.25) is 0 Å². The zero-order chi connectivity index (χ0) is 14.0.